The monoisotopic (exact) mass is 444 g/mol. The first-order chi connectivity index (χ1) is 16.1. The molecular formula is C25H24N4O4. The smallest absolute Gasteiger partial charge is 0.335 e. The van der Waals surface area contributed by atoms with Crippen molar-refractivity contribution in [2.45, 2.75) is 6.54 Å². The van der Waals surface area contributed by atoms with E-state index in [9.17, 15) is 14.7 Å². The molecule has 8 nitrogen and oxygen atoms in total. The lowest BCUT2D eigenvalue weighted by Gasteiger charge is -2.40. The predicted molar refractivity (Wildman–Crippen MR) is 126 cm³/mol. The summed E-state index contributed by atoms with van der Waals surface area (Å²) >= 11 is 0. The summed E-state index contributed by atoms with van der Waals surface area (Å²) in [5, 5.41) is 11.1. The standard InChI is InChI=1S/C25H24N4O4/c1-33-19-7-5-17(6-8-19)15-29-24(31)9-10-28(25(29)32)23-12-26-11-21-20(23)3-2-4-22(21)27-13-18(14-27)16-30/h2-12,18,30H,13-16H2,1H3. The minimum atomic E-state index is -0.428. The van der Waals surface area contributed by atoms with Crippen molar-refractivity contribution in [1.82, 2.24) is 14.1 Å². The predicted octanol–water partition coefficient (Wildman–Crippen LogP) is 2.03. The van der Waals surface area contributed by atoms with Gasteiger partial charge in [-0.05, 0) is 23.8 Å². The molecule has 0 aliphatic carbocycles. The van der Waals surface area contributed by atoms with Crippen molar-refractivity contribution in [2.75, 3.05) is 31.7 Å². The zero-order valence-corrected chi connectivity index (χ0v) is 18.2. The Hall–Kier alpha value is -3.91. The summed E-state index contributed by atoms with van der Waals surface area (Å²) in [4.78, 5) is 32.5. The van der Waals surface area contributed by atoms with Crippen LogP contribution in [0.2, 0.25) is 0 Å². The minimum Gasteiger partial charge on any atom is -0.497 e. The third kappa shape index (κ3) is 3.78. The molecule has 1 fully saturated rings. The zero-order chi connectivity index (χ0) is 22.9. The number of pyridine rings is 1. The third-order valence-corrected chi connectivity index (χ3v) is 6.14. The molecule has 0 bridgehead atoms. The van der Waals surface area contributed by atoms with Gasteiger partial charge in [-0.25, -0.2) is 4.79 Å². The van der Waals surface area contributed by atoms with Crippen molar-refractivity contribution < 1.29 is 9.84 Å². The van der Waals surface area contributed by atoms with Gasteiger partial charge in [0.25, 0.3) is 5.56 Å². The molecule has 1 N–H and O–H groups in total. The van der Waals surface area contributed by atoms with Crippen molar-refractivity contribution in [3.05, 3.63) is 93.5 Å². The molecule has 0 saturated carbocycles. The van der Waals surface area contributed by atoms with Gasteiger partial charge in [-0.3, -0.25) is 18.9 Å². The minimum absolute atomic E-state index is 0.155. The molecule has 168 valence electrons. The second-order valence-electron chi connectivity index (χ2n) is 8.23. The Morgan fingerprint density at radius 3 is 2.52 bits per heavy atom. The number of hydrogen-bond donors (Lipinski definition) is 1. The molecule has 2 aromatic heterocycles. The number of benzene rings is 2. The molecule has 5 rings (SSSR count). The average Bonchev–Trinajstić information content (AvgIpc) is 2.81. The number of ether oxygens (including phenoxy) is 1. The third-order valence-electron chi connectivity index (χ3n) is 6.14. The lowest BCUT2D eigenvalue weighted by atomic mass is 9.98. The molecule has 0 spiro atoms. The van der Waals surface area contributed by atoms with Gasteiger partial charge in [0.15, 0.2) is 0 Å². The molecule has 3 heterocycles. The maximum atomic E-state index is 13.4. The molecule has 0 radical (unpaired) electrons. The Balaban J connectivity index is 1.57. The second kappa shape index (κ2) is 8.55. The summed E-state index contributed by atoms with van der Waals surface area (Å²) in [6.45, 7) is 1.90. The van der Waals surface area contributed by atoms with Gasteiger partial charge in [0, 0.05) is 60.5 Å². The molecule has 33 heavy (non-hydrogen) atoms. The Morgan fingerprint density at radius 2 is 1.79 bits per heavy atom. The average molecular weight is 444 g/mol. The van der Waals surface area contributed by atoms with Crippen LogP contribution < -0.4 is 20.9 Å². The van der Waals surface area contributed by atoms with E-state index in [1.807, 2.05) is 30.3 Å². The molecule has 8 heteroatoms. The fourth-order valence-corrected chi connectivity index (χ4v) is 4.27. The van der Waals surface area contributed by atoms with Crippen molar-refractivity contribution in [3.8, 4) is 11.4 Å². The highest BCUT2D eigenvalue weighted by Gasteiger charge is 2.27. The maximum Gasteiger partial charge on any atom is 0.335 e. The second-order valence-corrected chi connectivity index (χ2v) is 8.23. The van der Waals surface area contributed by atoms with Gasteiger partial charge in [-0.2, -0.15) is 0 Å². The van der Waals surface area contributed by atoms with Gasteiger partial charge in [0.2, 0.25) is 0 Å². The quantitative estimate of drug-likeness (QED) is 0.490. The van der Waals surface area contributed by atoms with E-state index < -0.39 is 5.69 Å². The van der Waals surface area contributed by atoms with E-state index in [4.69, 9.17) is 4.74 Å². The largest absolute Gasteiger partial charge is 0.497 e. The van der Waals surface area contributed by atoms with Crippen LogP contribution in [0.15, 0.2) is 76.7 Å². The van der Waals surface area contributed by atoms with E-state index in [0.717, 1.165) is 35.1 Å². The molecule has 2 aromatic carbocycles. The van der Waals surface area contributed by atoms with Crippen LogP contribution in [-0.4, -0.2) is 46.0 Å². The first-order valence-corrected chi connectivity index (χ1v) is 10.8. The molecule has 1 aliphatic rings. The Bertz CT molecular complexity index is 1420. The Labute approximate surface area is 189 Å². The van der Waals surface area contributed by atoms with Crippen LogP contribution in [0.1, 0.15) is 5.56 Å². The molecule has 4 aromatic rings. The topological polar surface area (TPSA) is 89.6 Å². The highest BCUT2D eigenvalue weighted by molar-refractivity contribution is 5.98. The number of aliphatic hydroxyl groups is 1. The van der Waals surface area contributed by atoms with Gasteiger partial charge >= 0.3 is 5.69 Å². The van der Waals surface area contributed by atoms with Crippen LogP contribution >= 0.6 is 0 Å². The molecule has 1 saturated heterocycles. The lowest BCUT2D eigenvalue weighted by Crippen LogP contribution is -2.48. The van der Waals surface area contributed by atoms with Crippen molar-refractivity contribution >= 4 is 16.5 Å². The van der Waals surface area contributed by atoms with Crippen molar-refractivity contribution in [1.29, 1.82) is 0 Å². The number of rotatable bonds is 6. The summed E-state index contributed by atoms with van der Waals surface area (Å²) in [5.74, 6) is 0.988. The molecule has 1 aliphatic heterocycles. The highest BCUT2D eigenvalue weighted by atomic mass is 16.5. The molecule has 0 amide bonds. The first-order valence-electron chi connectivity index (χ1n) is 10.8. The molecule has 0 unspecified atom stereocenters. The fraction of sp³-hybridized carbons (Fsp3) is 0.240. The van der Waals surface area contributed by atoms with E-state index >= 15 is 0 Å². The maximum absolute atomic E-state index is 13.4. The number of aromatic nitrogens is 3. The van der Waals surface area contributed by atoms with Gasteiger partial charge in [0.05, 0.1) is 25.5 Å². The van der Waals surface area contributed by atoms with Gasteiger partial charge in [-0.1, -0.05) is 24.3 Å². The SMILES string of the molecule is COc1ccc(Cn2c(=O)ccn(-c3cncc4c(N5CC(CO)C5)cccc34)c2=O)cc1. The van der Waals surface area contributed by atoms with Crippen molar-refractivity contribution in [3.63, 3.8) is 0 Å². The van der Waals surface area contributed by atoms with Gasteiger partial charge < -0.3 is 14.7 Å². The number of methoxy groups -OCH3 is 1. The summed E-state index contributed by atoms with van der Waals surface area (Å²) in [5.41, 5.74) is 1.66. The van der Waals surface area contributed by atoms with E-state index in [1.54, 1.807) is 31.6 Å². The number of hydrogen-bond acceptors (Lipinski definition) is 6. The fourth-order valence-electron chi connectivity index (χ4n) is 4.27. The Kier molecular flexibility index (Phi) is 5.43. The van der Waals surface area contributed by atoms with E-state index in [2.05, 4.69) is 9.88 Å². The summed E-state index contributed by atoms with van der Waals surface area (Å²) in [6, 6.07) is 14.6. The van der Waals surface area contributed by atoms with E-state index in [1.165, 1.54) is 21.4 Å². The number of fused-ring (bicyclic) bond motifs is 1. The summed E-state index contributed by atoms with van der Waals surface area (Å²) in [6.07, 6.45) is 4.94. The van der Waals surface area contributed by atoms with E-state index in [0.29, 0.717) is 11.4 Å². The zero-order valence-electron chi connectivity index (χ0n) is 18.2. The van der Waals surface area contributed by atoms with E-state index in [-0.39, 0.29) is 24.6 Å². The van der Waals surface area contributed by atoms with Crippen LogP contribution in [-0.2, 0) is 6.54 Å². The van der Waals surface area contributed by atoms with Crippen LogP contribution in [0.3, 0.4) is 0 Å². The Morgan fingerprint density at radius 1 is 1.00 bits per heavy atom. The molecular weight excluding hydrogens is 420 g/mol. The first kappa shape index (κ1) is 21.0. The number of anilines is 1. The number of aliphatic hydroxyl groups excluding tert-OH is 1. The van der Waals surface area contributed by atoms with Crippen LogP contribution in [0.25, 0.3) is 16.5 Å². The summed E-state index contributed by atoms with van der Waals surface area (Å²) < 4.78 is 7.86. The molecule has 0 atom stereocenters. The van der Waals surface area contributed by atoms with Gasteiger partial charge in [-0.15, -0.1) is 0 Å². The highest BCUT2D eigenvalue weighted by Crippen LogP contribution is 2.33. The van der Waals surface area contributed by atoms with Crippen LogP contribution in [0, 0.1) is 5.92 Å². The number of nitrogens with zero attached hydrogens (tertiary/aromatic N) is 4. The van der Waals surface area contributed by atoms with Crippen LogP contribution in [0.5, 0.6) is 5.75 Å². The normalized spacial score (nSPS) is 13.8. The lowest BCUT2D eigenvalue weighted by molar-refractivity contribution is 0.201. The van der Waals surface area contributed by atoms with Crippen molar-refractivity contribution in [2.24, 2.45) is 5.92 Å². The van der Waals surface area contributed by atoms with Crippen LogP contribution in [0.4, 0.5) is 5.69 Å². The summed E-state index contributed by atoms with van der Waals surface area (Å²) in [7, 11) is 1.59. The van der Waals surface area contributed by atoms with Gasteiger partial charge in [0.1, 0.15) is 5.75 Å².